The summed E-state index contributed by atoms with van der Waals surface area (Å²) in [5.74, 6) is -0.161. The Morgan fingerprint density at radius 2 is 1.42 bits per heavy atom. The summed E-state index contributed by atoms with van der Waals surface area (Å²) in [7, 11) is -3.88. The average molecular weight is 405 g/mol. The molecule has 152 valence electrons. The van der Waals surface area contributed by atoms with Crippen LogP contribution < -0.4 is 0 Å². The highest BCUT2D eigenvalue weighted by Crippen LogP contribution is 2.46. The van der Waals surface area contributed by atoms with Gasteiger partial charge in [0.25, 0.3) is 0 Å². The lowest BCUT2D eigenvalue weighted by molar-refractivity contribution is -0.152. The fourth-order valence-electron chi connectivity index (χ4n) is 4.17. The molecule has 0 spiro atoms. The highest BCUT2D eigenvalue weighted by molar-refractivity contribution is 6.84. The smallest absolute Gasteiger partial charge is 0.335 e. The highest BCUT2D eigenvalue weighted by Gasteiger charge is 2.61. The van der Waals surface area contributed by atoms with Gasteiger partial charge in [-0.15, -0.1) is 0 Å². The number of ketones is 1. The van der Waals surface area contributed by atoms with Gasteiger partial charge in [-0.1, -0.05) is 55.4 Å². The van der Waals surface area contributed by atoms with E-state index in [0.29, 0.717) is 6.61 Å². The Morgan fingerprint density at radius 1 is 0.923 bits per heavy atom. The number of carbonyl (C=O) groups excluding carboxylic acids is 1. The van der Waals surface area contributed by atoms with Crippen molar-refractivity contribution >= 4 is 22.9 Å². The molecule has 0 aliphatic carbocycles. The lowest BCUT2D eigenvalue weighted by Crippen LogP contribution is -2.65. The molecule has 2 aliphatic rings. The van der Waals surface area contributed by atoms with Crippen molar-refractivity contribution in [3.63, 3.8) is 0 Å². The molecule has 0 aromatic heterocycles. The van der Waals surface area contributed by atoms with Crippen molar-refractivity contribution in [2.24, 2.45) is 0 Å². The Morgan fingerprint density at radius 3 is 1.85 bits per heavy atom. The summed E-state index contributed by atoms with van der Waals surface area (Å²) in [5.41, 5.74) is 0.900. The van der Waals surface area contributed by atoms with Crippen molar-refractivity contribution in [3.8, 4) is 0 Å². The van der Waals surface area contributed by atoms with Crippen molar-refractivity contribution in [1.82, 2.24) is 0 Å². The van der Waals surface area contributed by atoms with E-state index in [-0.39, 0.29) is 27.9 Å². The molecule has 0 aromatic carbocycles. The van der Waals surface area contributed by atoms with Crippen molar-refractivity contribution < 1.29 is 27.2 Å². The van der Waals surface area contributed by atoms with E-state index in [1.54, 1.807) is 0 Å². The van der Waals surface area contributed by atoms with Gasteiger partial charge in [0.15, 0.2) is 0 Å². The van der Waals surface area contributed by atoms with Crippen LogP contribution in [0.4, 0.5) is 0 Å². The van der Waals surface area contributed by atoms with Crippen LogP contribution in [0.15, 0.2) is 0 Å². The number of hydrogen-bond donors (Lipinski definition) is 0. The standard InChI is InChI=1S/C18H36O6Si2/c1-11(2)25(12(3)4)21-10-15-17(16(19)18(20-9)22-15)23-26(24-25,13(5)6)14(7)8/h11-15,17-18H,10H2,1-9H3/t15-,17-,18-/m1/s1. The predicted molar refractivity (Wildman–Crippen MR) is 104 cm³/mol. The Bertz CT molecular complexity index is 492. The van der Waals surface area contributed by atoms with Crippen LogP contribution in [0.3, 0.4) is 0 Å². The van der Waals surface area contributed by atoms with Gasteiger partial charge >= 0.3 is 17.1 Å². The molecule has 2 saturated heterocycles. The zero-order chi connectivity index (χ0) is 19.9. The van der Waals surface area contributed by atoms with Crippen molar-refractivity contribution in [1.29, 1.82) is 0 Å². The molecule has 0 radical (unpaired) electrons. The van der Waals surface area contributed by atoms with Gasteiger partial charge in [-0.3, -0.25) is 4.79 Å². The summed E-state index contributed by atoms with van der Waals surface area (Å²) in [6.07, 6.45) is -2.00. The predicted octanol–water partition coefficient (Wildman–Crippen LogP) is 3.88. The summed E-state index contributed by atoms with van der Waals surface area (Å²) in [6, 6.07) is 0. The van der Waals surface area contributed by atoms with E-state index in [1.807, 2.05) is 0 Å². The van der Waals surface area contributed by atoms with E-state index in [2.05, 4.69) is 55.4 Å². The van der Waals surface area contributed by atoms with Crippen molar-refractivity contribution in [2.75, 3.05) is 13.7 Å². The average Bonchev–Trinajstić information content (AvgIpc) is 2.81. The summed E-state index contributed by atoms with van der Waals surface area (Å²) < 4.78 is 31.3. The first kappa shape index (κ1) is 22.2. The number of methoxy groups -OCH3 is 1. The number of hydrogen-bond acceptors (Lipinski definition) is 6. The fourth-order valence-corrected chi connectivity index (χ4v) is 15.3. The van der Waals surface area contributed by atoms with E-state index in [1.165, 1.54) is 7.11 Å². The lowest BCUT2D eigenvalue weighted by Gasteiger charge is -2.50. The van der Waals surface area contributed by atoms with E-state index < -0.39 is 35.6 Å². The second-order valence-corrected chi connectivity index (χ2v) is 17.5. The van der Waals surface area contributed by atoms with Gasteiger partial charge in [0.1, 0.15) is 12.2 Å². The quantitative estimate of drug-likeness (QED) is 0.648. The summed E-state index contributed by atoms with van der Waals surface area (Å²) in [5, 5.41) is 0. The molecule has 2 rings (SSSR count). The first-order chi connectivity index (χ1) is 12.0. The molecule has 26 heavy (non-hydrogen) atoms. The minimum atomic E-state index is -2.77. The normalized spacial score (nSPS) is 31.6. The van der Waals surface area contributed by atoms with Crippen LogP contribution in [-0.2, 0) is 27.2 Å². The molecule has 0 aromatic rings. The molecule has 6 nitrogen and oxygen atoms in total. The van der Waals surface area contributed by atoms with Gasteiger partial charge in [-0.25, -0.2) is 0 Å². The number of carbonyl (C=O) groups is 1. The number of Topliss-reactive ketones (excluding diaryl/α,β-unsaturated/α-hetero) is 1. The highest BCUT2D eigenvalue weighted by atomic mass is 28.5. The van der Waals surface area contributed by atoms with Gasteiger partial charge in [-0.05, 0) is 22.2 Å². The molecule has 2 heterocycles. The second-order valence-electron chi connectivity index (χ2n) is 8.66. The van der Waals surface area contributed by atoms with Crippen LogP contribution >= 0.6 is 0 Å². The van der Waals surface area contributed by atoms with Crippen LogP contribution in [0.2, 0.25) is 22.2 Å². The van der Waals surface area contributed by atoms with Crippen LogP contribution in [0, 0.1) is 0 Å². The van der Waals surface area contributed by atoms with Gasteiger partial charge in [0.2, 0.25) is 12.1 Å². The third-order valence-electron chi connectivity index (χ3n) is 5.69. The Balaban J connectivity index is 2.54. The molecule has 8 heteroatoms. The summed E-state index contributed by atoms with van der Waals surface area (Å²) >= 11 is 0. The summed E-state index contributed by atoms with van der Waals surface area (Å²) in [6.45, 7) is 17.5. The SMILES string of the molecule is CO[C@@H]1O[C@@H]2CO[Si](C(C)C)(C(C)C)O[Si](C(C)C)(C(C)C)O[C@H]2C1=O. The summed E-state index contributed by atoms with van der Waals surface area (Å²) in [4.78, 5) is 12.7. The van der Waals surface area contributed by atoms with Gasteiger partial charge in [0, 0.05) is 7.11 Å². The molecule has 0 saturated carbocycles. The molecule has 0 amide bonds. The molecule has 2 aliphatic heterocycles. The number of ether oxygens (including phenoxy) is 2. The zero-order valence-electron chi connectivity index (χ0n) is 17.7. The topological polar surface area (TPSA) is 63.2 Å². The zero-order valence-corrected chi connectivity index (χ0v) is 19.7. The largest absolute Gasteiger partial charge is 0.414 e. The first-order valence-corrected chi connectivity index (χ1v) is 13.7. The van der Waals surface area contributed by atoms with Crippen molar-refractivity contribution in [3.05, 3.63) is 0 Å². The molecular weight excluding hydrogens is 368 g/mol. The minimum absolute atomic E-state index is 0.161. The Labute approximate surface area is 160 Å². The second kappa shape index (κ2) is 8.10. The van der Waals surface area contributed by atoms with Crippen LogP contribution in [0.25, 0.3) is 0 Å². The Kier molecular flexibility index (Phi) is 6.92. The molecule has 3 atom stereocenters. The van der Waals surface area contributed by atoms with E-state index in [0.717, 1.165) is 0 Å². The molecule has 0 unspecified atom stereocenters. The van der Waals surface area contributed by atoms with Crippen LogP contribution in [0.1, 0.15) is 55.4 Å². The maximum absolute atomic E-state index is 12.7. The molecule has 0 N–H and O–H groups in total. The van der Waals surface area contributed by atoms with E-state index in [9.17, 15) is 4.79 Å². The third-order valence-corrected chi connectivity index (χ3v) is 15.9. The van der Waals surface area contributed by atoms with Crippen molar-refractivity contribution in [2.45, 2.75) is 96.1 Å². The van der Waals surface area contributed by atoms with E-state index >= 15 is 0 Å². The Hall–Kier alpha value is -0.0962. The maximum Gasteiger partial charge on any atom is 0.335 e. The number of fused-ring (bicyclic) bond motifs is 1. The lowest BCUT2D eigenvalue weighted by atomic mass is 10.2. The monoisotopic (exact) mass is 404 g/mol. The maximum atomic E-state index is 12.7. The minimum Gasteiger partial charge on any atom is -0.414 e. The molecular formula is C18H36O6Si2. The van der Waals surface area contributed by atoms with Crippen LogP contribution in [0.5, 0.6) is 0 Å². The third kappa shape index (κ3) is 3.61. The van der Waals surface area contributed by atoms with Gasteiger partial charge in [0.05, 0.1) is 6.61 Å². The van der Waals surface area contributed by atoms with Gasteiger partial charge in [-0.2, -0.15) is 0 Å². The molecule has 2 fully saturated rings. The molecule has 0 bridgehead atoms. The van der Waals surface area contributed by atoms with Crippen LogP contribution in [-0.4, -0.2) is 55.1 Å². The van der Waals surface area contributed by atoms with E-state index in [4.69, 9.17) is 22.4 Å². The fraction of sp³-hybridized carbons (Fsp3) is 0.944. The number of rotatable bonds is 5. The van der Waals surface area contributed by atoms with Gasteiger partial charge < -0.3 is 22.4 Å². The first-order valence-electron chi connectivity index (χ1n) is 9.75.